The monoisotopic (exact) mass is 357 g/mol. The van der Waals surface area contributed by atoms with Gasteiger partial charge in [0.05, 0.1) is 10.5 Å². The maximum absolute atomic E-state index is 12.6. The molecule has 0 radical (unpaired) electrons. The summed E-state index contributed by atoms with van der Waals surface area (Å²) in [6.45, 7) is 0. The summed E-state index contributed by atoms with van der Waals surface area (Å²) in [5.74, 6) is -0.0584. The number of allylic oxidation sites excluding steroid dienone is 6. The Morgan fingerprint density at radius 1 is 1.04 bits per heavy atom. The average molecular weight is 357 g/mol. The van der Waals surface area contributed by atoms with Gasteiger partial charge in [-0.25, -0.2) is 4.79 Å². The first-order valence-corrected chi connectivity index (χ1v) is 8.46. The van der Waals surface area contributed by atoms with Crippen LogP contribution in [0.2, 0.25) is 0 Å². The number of carbonyl (C=O) groups is 1. The van der Waals surface area contributed by atoms with E-state index in [1.165, 1.54) is 24.3 Å². The van der Waals surface area contributed by atoms with Gasteiger partial charge in [-0.1, -0.05) is 54.6 Å². The van der Waals surface area contributed by atoms with E-state index in [1.54, 1.807) is 0 Å². The van der Waals surface area contributed by atoms with Gasteiger partial charge in [-0.15, -0.1) is 0 Å². The molecule has 4 rings (SSSR count). The number of fused-ring (bicyclic) bond motifs is 2. The fourth-order valence-corrected chi connectivity index (χ4v) is 3.12. The maximum atomic E-state index is 12.6. The number of nitro benzene ring substituents is 1. The van der Waals surface area contributed by atoms with Gasteiger partial charge in [0, 0.05) is 23.6 Å². The molecule has 0 heterocycles. The Bertz CT molecular complexity index is 1040. The third-order valence-electron chi connectivity index (χ3n) is 4.50. The molecule has 5 nitrogen and oxygen atoms in total. The van der Waals surface area contributed by atoms with Crippen LogP contribution >= 0.6 is 0 Å². The number of nitro groups is 1. The van der Waals surface area contributed by atoms with Crippen molar-refractivity contribution < 1.29 is 14.5 Å². The second-order valence-corrected chi connectivity index (χ2v) is 6.23. The maximum Gasteiger partial charge on any atom is 0.343 e. The molecule has 0 bridgehead atoms. The summed E-state index contributed by atoms with van der Waals surface area (Å²) >= 11 is 0. The molecule has 1 atom stereocenters. The molecule has 0 N–H and O–H groups in total. The number of ether oxygens (including phenoxy) is 1. The minimum absolute atomic E-state index is 0.0158. The molecule has 5 heteroatoms. The number of nitrogens with zero attached hydrogens (tertiary/aromatic N) is 1. The lowest BCUT2D eigenvalue weighted by Crippen LogP contribution is -2.06. The molecule has 2 aromatic rings. The van der Waals surface area contributed by atoms with E-state index >= 15 is 0 Å². The Morgan fingerprint density at radius 3 is 2.59 bits per heavy atom. The lowest BCUT2D eigenvalue weighted by Gasteiger charge is -2.13. The highest BCUT2D eigenvalue weighted by Gasteiger charge is 2.21. The van der Waals surface area contributed by atoms with Gasteiger partial charge in [-0.3, -0.25) is 10.1 Å². The van der Waals surface area contributed by atoms with Gasteiger partial charge in [0.1, 0.15) is 5.76 Å². The van der Waals surface area contributed by atoms with Crippen molar-refractivity contribution in [2.75, 3.05) is 0 Å². The number of esters is 1. The van der Waals surface area contributed by atoms with Crippen LogP contribution in [-0.2, 0) is 4.74 Å². The van der Waals surface area contributed by atoms with E-state index in [-0.39, 0.29) is 17.2 Å². The SMILES string of the molecule is O=C(OC1=CC2C=CC=CC2=Cc2ccccc21)c1ccc([N+](=O)[O-])cc1. The Hall–Kier alpha value is -3.73. The predicted octanol–water partition coefficient (Wildman–Crippen LogP) is 4.93. The van der Waals surface area contributed by atoms with E-state index in [0.29, 0.717) is 5.76 Å². The van der Waals surface area contributed by atoms with Gasteiger partial charge in [0.25, 0.3) is 5.69 Å². The molecule has 2 aromatic carbocycles. The van der Waals surface area contributed by atoms with Crippen molar-refractivity contribution in [3.8, 4) is 0 Å². The van der Waals surface area contributed by atoms with Crippen LogP contribution in [0.1, 0.15) is 21.5 Å². The molecule has 0 saturated carbocycles. The van der Waals surface area contributed by atoms with Crippen molar-refractivity contribution >= 4 is 23.5 Å². The average Bonchev–Trinajstić information content (AvgIpc) is 2.84. The highest BCUT2D eigenvalue weighted by Crippen LogP contribution is 2.34. The van der Waals surface area contributed by atoms with Gasteiger partial charge in [-0.2, -0.15) is 0 Å². The summed E-state index contributed by atoms with van der Waals surface area (Å²) in [6, 6.07) is 13.1. The van der Waals surface area contributed by atoms with Crippen LogP contribution in [0.15, 0.2) is 84.5 Å². The molecule has 0 amide bonds. The van der Waals surface area contributed by atoms with E-state index in [9.17, 15) is 14.9 Å². The molecule has 1 unspecified atom stereocenters. The molecule has 0 saturated heterocycles. The number of carbonyl (C=O) groups excluding carboxylic acids is 1. The first-order valence-electron chi connectivity index (χ1n) is 8.46. The van der Waals surface area contributed by atoms with Crippen molar-refractivity contribution in [3.63, 3.8) is 0 Å². The van der Waals surface area contributed by atoms with Crippen molar-refractivity contribution in [2.45, 2.75) is 0 Å². The van der Waals surface area contributed by atoms with Crippen LogP contribution in [0.25, 0.3) is 11.8 Å². The summed E-state index contributed by atoms with van der Waals surface area (Å²) in [6.07, 6.45) is 12.0. The molecule has 0 aliphatic heterocycles. The number of rotatable bonds is 3. The summed E-state index contributed by atoms with van der Waals surface area (Å²) in [5, 5.41) is 10.8. The number of non-ortho nitro benzene ring substituents is 1. The van der Waals surface area contributed by atoms with Gasteiger partial charge >= 0.3 is 5.97 Å². The summed E-state index contributed by atoms with van der Waals surface area (Å²) < 4.78 is 5.69. The van der Waals surface area contributed by atoms with Gasteiger partial charge in [0.15, 0.2) is 0 Å². The minimum atomic E-state index is -0.551. The second kappa shape index (κ2) is 6.88. The van der Waals surface area contributed by atoms with E-state index < -0.39 is 10.9 Å². The number of hydrogen-bond donors (Lipinski definition) is 0. The fourth-order valence-electron chi connectivity index (χ4n) is 3.12. The number of hydrogen-bond acceptors (Lipinski definition) is 4. The number of benzene rings is 2. The minimum Gasteiger partial charge on any atom is -0.423 e. The Balaban J connectivity index is 1.67. The molecule has 2 aliphatic rings. The smallest absolute Gasteiger partial charge is 0.343 e. The highest BCUT2D eigenvalue weighted by atomic mass is 16.6. The highest BCUT2D eigenvalue weighted by molar-refractivity contribution is 5.94. The van der Waals surface area contributed by atoms with Crippen LogP contribution in [0.4, 0.5) is 5.69 Å². The van der Waals surface area contributed by atoms with Gasteiger partial charge < -0.3 is 4.74 Å². The van der Waals surface area contributed by atoms with E-state index in [4.69, 9.17) is 4.74 Å². The summed E-state index contributed by atoms with van der Waals surface area (Å²) in [4.78, 5) is 22.9. The van der Waals surface area contributed by atoms with Gasteiger partial charge in [-0.05, 0) is 29.3 Å². The van der Waals surface area contributed by atoms with Crippen molar-refractivity contribution in [3.05, 3.63) is 111 Å². The summed E-state index contributed by atoms with van der Waals surface area (Å²) in [7, 11) is 0. The molecule has 27 heavy (non-hydrogen) atoms. The van der Waals surface area contributed by atoms with Crippen LogP contribution in [0.5, 0.6) is 0 Å². The zero-order chi connectivity index (χ0) is 18.8. The van der Waals surface area contributed by atoms with Crippen LogP contribution in [-0.4, -0.2) is 10.9 Å². The van der Waals surface area contributed by atoms with Crippen molar-refractivity contribution in [1.82, 2.24) is 0 Å². The largest absolute Gasteiger partial charge is 0.423 e. The van der Waals surface area contributed by atoms with Gasteiger partial charge in [0.2, 0.25) is 0 Å². The second-order valence-electron chi connectivity index (χ2n) is 6.23. The lowest BCUT2D eigenvalue weighted by molar-refractivity contribution is -0.384. The third kappa shape index (κ3) is 3.35. The molecule has 0 spiro atoms. The van der Waals surface area contributed by atoms with E-state index in [2.05, 4.69) is 6.08 Å². The van der Waals surface area contributed by atoms with E-state index in [1.807, 2.05) is 54.6 Å². The Labute approximate surface area is 155 Å². The van der Waals surface area contributed by atoms with E-state index in [0.717, 1.165) is 16.7 Å². The molecular weight excluding hydrogens is 342 g/mol. The van der Waals surface area contributed by atoms with Crippen LogP contribution in [0, 0.1) is 16.0 Å². The standard InChI is InChI=1S/C22H15NO4/c24-22(15-9-11-19(12-10-15)23(25)26)27-21-14-17-6-2-1-5-16(17)13-18-7-3-4-8-20(18)21/h1-14,17H. The molecule has 132 valence electrons. The molecular formula is C22H15NO4. The summed E-state index contributed by atoms with van der Waals surface area (Å²) in [5.41, 5.74) is 3.11. The zero-order valence-corrected chi connectivity index (χ0v) is 14.2. The Morgan fingerprint density at radius 2 is 1.81 bits per heavy atom. The van der Waals surface area contributed by atoms with Crippen molar-refractivity contribution in [1.29, 1.82) is 0 Å². The topological polar surface area (TPSA) is 69.4 Å². The molecule has 0 aromatic heterocycles. The van der Waals surface area contributed by atoms with Crippen LogP contribution < -0.4 is 0 Å². The van der Waals surface area contributed by atoms with Crippen LogP contribution in [0.3, 0.4) is 0 Å². The van der Waals surface area contributed by atoms with Crippen molar-refractivity contribution in [2.24, 2.45) is 5.92 Å². The first-order chi connectivity index (χ1) is 13.1. The normalized spacial score (nSPS) is 17.1. The fraction of sp³-hybridized carbons (Fsp3) is 0.0455. The Kier molecular flexibility index (Phi) is 4.26. The quantitative estimate of drug-likeness (QED) is 0.444. The molecule has 0 fully saturated rings. The predicted molar refractivity (Wildman–Crippen MR) is 103 cm³/mol. The molecule has 2 aliphatic carbocycles. The third-order valence-corrected chi connectivity index (χ3v) is 4.50. The first kappa shape index (κ1) is 16.7. The lowest BCUT2D eigenvalue weighted by atomic mass is 9.94. The zero-order valence-electron chi connectivity index (χ0n) is 14.2.